The van der Waals surface area contributed by atoms with E-state index in [9.17, 15) is 15.0 Å². The first kappa shape index (κ1) is 30.0. The van der Waals surface area contributed by atoms with Crippen LogP contribution in [0.5, 0.6) is 0 Å². The summed E-state index contributed by atoms with van der Waals surface area (Å²) >= 11 is 0. The molecule has 0 bridgehead atoms. The van der Waals surface area contributed by atoms with Gasteiger partial charge < -0.3 is 15.1 Å². The third-order valence-corrected chi connectivity index (χ3v) is 8.51. The lowest BCUT2D eigenvalue weighted by molar-refractivity contribution is -0.143. The number of rotatable bonds is 11. The van der Waals surface area contributed by atoms with Gasteiger partial charge in [-0.15, -0.1) is 0 Å². The average Bonchev–Trinajstić information content (AvgIpc) is 3.44. The number of hydrogen-bond acceptors (Lipinski definition) is 4. The SMILES string of the molecule is O=C(O)C(CCc1ccccc1)N1CCC(CN2CCC(O)(CCCc3ccccc3)CC2)C1.c1ccccc1. The van der Waals surface area contributed by atoms with Gasteiger partial charge >= 0.3 is 5.97 Å². The van der Waals surface area contributed by atoms with E-state index in [2.05, 4.69) is 46.2 Å². The molecule has 0 spiro atoms. The highest BCUT2D eigenvalue weighted by Gasteiger charge is 2.35. The molecule has 5 rings (SSSR count). The molecule has 3 aromatic rings. The van der Waals surface area contributed by atoms with Gasteiger partial charge in [-0.05, 0) is 75.0 Å². The van der Waals surface area contributed by atoms with Crippen LogP contribution in [0.25, 0.3) is 0 Å². The molecule has 5 nitrogen and oxygen atoms in total. The van der Waals surface area contributed by atoms with Crippen molar-refractivity contribution in [3.8, 4) is 0 Å². The van der Waals surface area contributed by atoms with Crippen LogP contribution in [-0.4, -0.2) is 70.3 Å². The predicted molar refractivity (Wildman–Crippen MR) is 162 cm³/mol. The molecule has 5 heteroatoms. The topological polar surface area (TPSA) is 64.0 Å². The second-order valence-corrected chi connectivity index (χ2v) is 11.5. The van der Waals surface area contributed by atoms with Crippen molar-refractivity contribution in [3.63, 3.8) is 0 Å². The van der Waals surface area contributed by atoms with Crippen LogP contribution in [0.1, 0.15) is 49.7 Å². The lowest BCUT2D eigenvalue weighted by Gasteiger charge is -2.39. The number of aryl methyl sites for hydroxylation is 2. The second-order valence-electron chi connectivity index (χ2n) is 11.5. The molecule has 40 heavy (non-hydrogen) atoms. The van der Waals surface area contributed by atoms with E-state index in [1.54, 1.807) is 0 Å². The minimum atomic E-state index is -0.699. The van der Waals surface area contributed by atoms with Crippen molar-refractivity contribution >= 4 is 5.97 Å². The van der Waals surface area contributed by atoms with Crippen molar-refractivity contribution in [1.29, 1.82) is 0 Å². The van der Waals surface area contributed by atoms with E-state index in [4.69, 9.17) is 0 Å². The number of aliphatic carboxylic acids is 1. The number of benzene rings is 3. The van der Waals surface area contributed by atoms with Gasteiger partial charge in [0, 0.05) is 26.2 Å². The zero-order chi connectivity index (χ0) is 28.0. The zero-order valence-electron chi connectivity index (χ0n) is 23.8. The van der Waals surface area contributed by atoms with Gasteiger partial charge in [-0.1, -0.05) is 97.1 Å². The van der Waals surface area contributed by atoms with Crippen molar-refractivity contribution in [2.45, 2.75) is 63.0 Å². The Hall–Kier alpha value is -2.99. The fourth-order valence-corrected chi connectivity index (χ4v) is 6.12. The van der Waals surface area contributed by atoms with Crippen LogP contribution in [0.4, 0.5) is 0 Å². The predicted octanol–water partition coefficient (Wildman–Crippen LogP) is 5.93. The normalized spacial score (nSPS) is 19.9. The summed E-state index contributed by atoms with van der Waals surface area (Å²) in [7, 11) is 0. The fraction of sp³-hybridized carbons (Fsp3) is 0.457. The quantitative estimate of drug-likeness (QED) is 0.314. The summed E-state index contributed by atoms with van der Waals surface area (Å²) in [6, 6.07) is 32.3. The highest BCUT2D eigenvalue weighted by atomic mass is 16.4. The van der Waals surface area contributed by atoms with Crippen LogP contribution in [0.3, 0.4) is 0 Å². The number of carbonyl (C=O) groups is 1. The van der Waals surface area contributed by atoms with E-state index in [-0.39, 0.29) is 0 Å². The average molecular weight is 543 g/mol. The molecule has 2 N–H and O–H groups in total. The van der Waals surface area contributed by atoms with E-state index in [1.165, 1.54) is 11.1 Å². The molecule has 3 aromatic carbocycles. The van der Waals surface area contributed by atoms with Crippen molar-refractivity contribution < 1.29 is 15.0 Å². The summed E-state index contributed by atoms with van der Waals surface area (Å²) in [4.78, 5) is 16.6. The van der Waals surface area contributed by atoms with Crippen LogP contribution >= 0.6 is 0 Å². The van der Waals surface area contributed by atoms with Gasteiger partial charge in [0.25, 0.3) is 0 Å². The van der Waals surface area contributed by atoms with Gasteiger partial charge in [0.05, 0.1) is 5.60 Å². The molecular weight excluding hydrogens is 496 g/mol. The van der Waals surface area contributed by atoms with E-state index in [0.29, 0.717) is 12.3 Å². The highest BCUT2D eigenvalue weighted by molar-refractivity contribution is 5.73. The number of likely N-dealkylation sites (tertiary alicyclic amines) is 2. The first-order valence-electron chi connectivity index (χ1n) is 15.0. The number of aliphatic hydroxyl groups is 1. The standard InChI is InChI=1S/C29H40N2O3.C6H6/c32-28(33)27(14-13-25-10-5-2-6-11-25)31-19-15-26(23-31)22-30-20-17-29(34,18-21-30)16-7-12-24-8-3-1-4-9-24;1-2-4-6-5-3-1/h1-6,8-11,26-27,34H,7,12-23H2,(H,32,33);1-6H. The maximum absolute atomic E-state index is 12.0. The van der Waals surface area contributed by atoms with Crippen LogP contribution in [0, 0.1) is 5.92 Å². The van der Waals surface area contributed by atoms with Gasteiger partial charge in [-0.3, -0.25) is 9.69 Å². The number of carboxylic acid groups (broad SMARTS) is 1. The van der Waals surface area contributed by atoms with E-state index in [0.717, 1.165) is 77.7 Å². The maximum Gasteiger partial charge on any atom is 0.320 e. The number of nitrogens with zero attached hydrogens (tertiary/aromatic N) is 2. The highest BCUT2D eigenvalue weighted by Crippen LogP contribution is 2.29. The van der Waals surface area contributed by atoms with Crippen LogP contribution in [0.2, 0.25) is 0 Å². The van der Waals surface area contributed by atoms with Crippen molar-refractivity contribution in [2.24, 2.45) is 5.92 Å². The minimum Gasteiger partial charge on any atom is -0.480 e. The van der Waals surface area contributed by atoms with Gasteiger partial charge in [0.1, 0.15) is 6.04 Å². The fourth-order valence-electron chi connectivity index (χ4n) is 6.12. The Labute approximate surface area is 240 Å². The summed E-state index contributed by atoms with van der Waals surface area (Å²) in [6.07, 6.45) is 7.12. The first-order valence-corrected chi connectivity index (χ1v) is 15.0. The van der Waals surface area contributed by atoms with Crippen LogP contribution in [0.15, 0.2) is 97.1 Å². The third kappa shape index (κ3) is 9.88. The van der Waals surface area contributed by atoms with Crippen molar-refractivity contribution in [2.75, 3.05) is 32.7 Å². The zero-order valence-corrected chi connectivity index (χ0v) is 23.8. The molecule has 0 aromatic heterocycles. The van der Waals surface area contributed by atoms with Crippen LogP contribution in [-0.2, 0) is 17.6 Å². The van der Waals surface area contributed by atoms with Crippen LogP contribution < -0.4 is 0 Å². The molecule has 2 aliphatic heterocycles. The summed E-state index contributed by atoms with van der Waals surface area (Å²) in [5, 5.41) is 20.9. The molecule has 2 heterocycles. The molecule has 0 amide bonds. The van der Waals surface area contributed by atoms with Gasteiger partial charge in [-0.25, -0.2) is 0 Å². The molecule has 2 aliphatic rings. The molecule has 2 atom stereocenters. The Bertz CT molecular complexity index is 1070. The van der Waals surface area contributed by atoms with Crippen molar-refractivity contribution in [1.82, 2.24) is 9.80 Å². The Kier molecular flexibility index (Phi) is 11.8. The molecule has 0 saturated carbocycles. The summed E-state index contributed by atoms with van der Waals surface area (Å²) in [5.41, 5.74) is 2.02. The van der Waals surface area contributed by atoms with Gasteiger partial charge in [-0.2, -0.15) is 0 Å². The smallest absolute Gasteiger partial charge is 0.320 e. The van der Waals surface area contributed by atoms with E-state index in [1.807, 2.05) is 60.7 Å². The third-order valence-electron chi connectivity index (χ3n) is 8.51. The lowest BCUT2D eigenvalue weighted by Crippen LogP contribution is -2.46. The van der Waals surface area contributed by atoms with Gasteiger partial charge in [0.15, 0.2) is 0 Å². The Morgan fingerprint density at radius 2 is 1.32 bits per heavy atom. The summed E-state index contributed by atoms with van der Waals surface area (Å²) < 4.78 is 0. The van der Waals surface area contributed by atoms with Gasteiger partial charge in [0.2, 0.25) is 0 Å². The second kappa shape index (κ2) is 15.7. The molecule has 0 aliphatic carbocycles. The summed E-state index contributed by atoms with van der Waals surface area (Å²) in [6.45, 7) is 4.63. The Balaban J connectivity index is 0.000000546. The molecule has 214 valence electrons. The molecular formula is C35H46N2O3. The van der Waals surface area contributed by atoms with E-state index >= 15 is 0 Å². The minimum absolute atomic E-state index is 0.402. The monoisotopic (exact) mass is 542 g/mol. The molecule has 2 saturated heterocycles. The Morgan fingerprint density at radius 3 is 1.88 bits per heavy atom. The number of hydrogen-bond donors (Lipinski definition) is 2. The van der Waals surface area contributed by atoms with E-state index < -0.39 is 17.6 Å². The molecule has 2 unspecified atom stereocenters. The first-order chi connectivity index (χ1) is 19.5. The molecule has 2 fully saturated rings. The number of carboxylic acids is 1. The molecule has 0 radical (unpaired) electrons. The number of piperidine rings is 1. The Morgan fingerprint density at radius 1 is 0.800 bits per heavy atom. The maximum atomic E-state index is 12.0. The van der Waals surface area contributed by atoms with Crippen molar-refractivity contribution in [3.05, 3.63) is 108 Å². The largest absolute Gasteiger partial charge is 0.480 e. The summed E-state index contributed by atoms with van der Waals surface area (Å²) in [5.74, 6) is -0.182. The lowest BCUT2D eigenvalue weighted by atomic mass is 9.85.